The molecule has 2 heterocycles. The fourth-order valence-corrected chi connectivity index (χ4v) is 5.74. The summed E-state index contributed by atoms with van der Waals surface area (Å²) in [4.78, 5) is 29.9. The van der Waals surface area contributed by atoms with Gasteiger partial charge in [-0.3, -0.25) is 4.79 Å². The highest BCUT2D eigenvalue weighted by atomic mass is 32.2. The Balaban J connectivity index is 0.000000708. The minimum absolute atomic E-state index is 0.0474. The zero-order valence-corrected chi connectivity index (χ0v) is 26.8. The Morgan fingerprint density at radius 3 is 2.40 bits per heavy atom. The zero-order chi connectivity index (χ0) is 30.1. The van der Waals surface area contributed by atoms with E-state index in [1.807, 2.05) is 19.2 Å². The molecule has 0 aromatic heterocycles. The Hall–Kier alpha value is -2.52. The lowest BCUT2D eigenvalue weighted by atomic mass is 9.85. The first-order valence-corrected chi connectivity index (χ1v) is 15.0. The van der Waals surface area contributed by atoms with Crippen molar-refractivity contribution in [2.45, 2.75) is 98.2 Å². The molecule has 0 aromatic carbocycles. The fourth-order valence-electron chi connectivity index (χ4n) is 4.81. The largest absolute Gasteiger partial charge is 0.496 e. The molecule has 0 saturated heterocycles. The van der Waals surface area contributed by atoms with Gasteiger partial charge in [0.25, 0.3) is 5.91 Å². The third-order valence-corrected chi connectivity index (χ3v) is 7.49. The molecule has 2 aliphatic heterocycles. The standard InChI is InChI=1S/C27H40N2O3S.C4H9NO2/c1-8-32-17-20-15-21(14-18(2)3)29(24(20)25-28-12-13-33-25)26(30)19-10-9-11-22(27(4,5)6)23(16-19)31-7;1-4(2,3)7-5-6/h9,11-13,15-16,18,21,24-25,28H,8,10,14,17H2,1-7H3;1-3H3/t21?,24-,25?;/m1./s1. The van der Waals surface area contributed by atoms with Gasteiger partial charge in [0, 0.05) is 18.4 Å². The summed E-state index contributed by atoms with van der Waals surface area (Å²) in [5, 5.41) is 7.86. The summed E-state index contributed by atoms with van der Waals surface area (Å²) in [5.74, 6) is 1.33. The van der Waals surface area contributed by atoms with Crippen LogP contribution in [0.25, 0.3) is 0 Å². The molecule has 8 nitrogen and oxygen atoms in total. The number of carbonyl (C=O) groups is 1. The first-order valence-electron chi connectivity index (χ1n) is 14.1. The number of nitrogens with zero attached hydrogens (tertiary/aromatic N) is 2. The molecule has 0 fully saturated rings. The van der Waals surface area contributed by atoms with Gasteiger partial charge in [-0.2, -0.15) is 0 Å². The van der Waals surface area contributed by atoms with E-state index in [2.05, 4.69) is 78.6 Å². The van der Waals surface area contributed by atoms with Crippen LogP contribution in [0.3, 0.4) is 0 Å². The second kappa shape index (κ2) is 14.9. The van der Waals surface area contributed by atoms with E-state index in [9.17, 15) is 9.70 Å². The highest BCUT2D eigenvalue weighted by molar-refractivity contribution is 8.03. The minimum atomic E-state index is -0.429. The van der Waals surface area contributed by atoms with Crippen molar-refractivity contribution in [2.75, 3.05) is 20.3 Å². The third kappa shape index (κ3) is 9.54. The number of amides is 1. The maximum Gasteiger partial charge on any atom is 0.251 e. The summed E-state index contributed by atoms with van der Waals surface area (Å²) in [6.07, 6.45) is 11.9. The number of carbonyl (C=O) groups excluding carboxylic acids is 1. The second-order valence-electron chi connectivity index (χ2n) is 12.5. The molecular formula is C31H49N3O5S. The van der Waals surface area contributed by atoms with E-state index >= 15 is 0 Å². The molecule has 1 aliphatic carbocycles. The molecule has 224 valence electrons. The van der Waals surface area contributed by atoms with Gasteiger partial charge in [-0.1, -0.05) is 52.8 Å². The molecule has 1 amide bonds. The predicted octanol–water partition coefficient (Wildman–Crippen LogP) is 7.02. The Bertz CT molecular complexity index is 1020. The van der Waals surface area contributed by atoms with Gasteiger partial charge in [-0.25, -0.2) is 0 Å². The number of thioether (sulfide) groups is 1. The van der Waals surface area contributed by atoms with Gasteiger partial charge in [0.05, 0.1) is 25.8 Å². The molecule has 0 aromatic rings. The van der Waals surface area contributed by atoms with Crippen molar-refractivity contribution in [1.29, 1.82) is 0 Å². The lowest BCUT2D eigenvalue weighted by Crippen LogP contribution is -2.51. The van der Waals surface area contributed by atoms with Crippen LogP contribution in [0.4, 0.5) is 0 Å². The number of ether oxygens (including phenoxy) is 2. The van der Waals surface area contributed by atoms with Crippen molar-refractivity contribution in [3.63, 3.8) is 0 Å². The molecule has 3 rings (SSSR count). The van der Waals surface area contributed by atoms with Gasteiger partial charge in [-0.05, 0) is 74.5 Å². The summed E-state index contributed by atoms with van der Waals surface area (Å²) in [6, 6.07) is -0.0101. The number of nitrogens with one attached hydrogen (secondary N) is 1. The van der Waals surface area contributed by atoms with Crippen LogP contribution in [0.15, 0.2) is 63.7 Å². The van der Waals surface area contributed by atoms with Crippen LogP contribution in [-0.4, -0.2) is 54.2 Å². The summed E-state index contributed by atoms with van der Waals surface area (Å²) in [6.45, 7) is 19.4. The normalized spacial score (nSPS) is 22.8. The van der Waals surface area contributed by atoms with Crippen LogP contribution in [0.1, 0.15) is 75.2 Å². The highest BCUT2D eigenvalue weighted by Crippen LogP contribution is 2.38. The first-order chi connectivity index (χ1) is 18.7. The SMILES string of the molecule is CC(C)(C)ON=O.CCOCC1=CC(CC(C)C)N(C(=O)C2=CC(OC)=C(C(C)(C)C)C=CC2)[C@H]1C1NC=CS1. The van der Waals surface area contributed by atoms with E-state index in [0.29, 0.717) is 25.6 Å². The summed E-state index contributed by atoms with van der Waals surface area (Å²) in [5.41, 5.74) is 2.56. The Labute approximate surface area is 245 Å². The molecule has 3 aliphatic rings. The zero-order valence-electron chi connectivity index (χ0n) is 25.9. The van der Waals surface area contributed by atoms with Gasteiger partial charge in [0.15, 0.2) is 5.34 Å². The van der Waals surface area contributed by atoms with E-state index < -0.39 is 5.60 Å². The van der Waals surface area contributed by atoms with Gasteiger partial charge < -0.3 is 24.5 Å². The van der Waals surface area contributed by atoms with Gasteiger partial charge in [-0.15, -0.1) is 16.7 Å². The van der Waals surface area contributed by atoms with Crippen LogP contribution >= 0.6 is 11.8 Å². The molecule has 2 unspecified atom stereocenters. The number of allylic oxidation sites excluding steroid dienone is 4. The first kappa shape index (κ1) is 33.7. The summed E-state index contributed by atoms with van der Waals surface area (Å²) in [7, 11) is 1.69. The molecule has 0 bridgehead atoms. The maximum absolute atomic E-state index is 14.2. The predicted molar refractivity (Wildman–Crippen MR) is 164 cm³/mol. The third-order valence-electron chi connectivity index (χ3n) is 6.51. The maximum atomic E-state index is 14.2. The van der Waals surface area contributed by atoms with Gasteiger partial charge >= 0.3 is 0 Å². The average molecular weight is 576 g/mol. The molecule has 3 atom stereocenters. The lowest BCUT2D eigenvalue weighted by molar-refractivity contribution is -0.130. The molecule has 0 saturated carbocycles. The summed E-state index contributed by atoms with van der Waals surface area (Å²) < 4.78 is 11.6. The fraction of sp³-hybridized carbons (Fsp3) is 0.645. The van der Waals surface area contributed by atoms with E-state index in [0.717, 1.165) is 23.3 Å². The minimum Gasteiger partial charge on any atom is -0.496 e. The highest BCUT2D eigenvalue weighted by Gasteiger charge is 2.43. The van der Waals surface area contributed by atoms with Crippen molar-refractivity contribution in [3.8, 4) is 0 Å². The Kier molecular flexibility index (Phi) is 12.6. The number of rotatable bonds is 9. The number of hydrogen-bond donors (Lipinski definition) is 1. The molecule has 40 heavy (non-hydrogen) atoms. The van der Waals surface area contributed by atoms with E-state index in [-0.39, 0.29) is 28.8 Å². The quantitative estimate of drug-likeness (QED) is 0.179. The van der Waals surface area contributed by atoms with Crippen LogP contribution < -0.4 is 5.32 Å². The van der Waals surface area contributed by atoms with E-state index in [4.69, 9.17) is 9.47 Å². The number of hydrogen-bond acceptors (Lipinski definition) is 8. The summed E-state index contributed by atoms with van der Waals surface area (Å²) >= 11 is 1.73. The van der Waals surface area contributed by atoms with Crippen molar-refractivity contribution in [1.82, 2.24) is 10.2 Å². The Morgan fingerprint density at radius 1 is 1.23 bits per heavy atom. The van der Waals surface area contributed by atoms with Gasteiger partial charge in [0.2, 0.25) is 0 Å². The average Bonchev–Trinajstić information content (AvgIpc) is 3.42. The van der Waals surface area contributed by atoms with Gasteiger partial charge in [0.1, 0.15) is 16.7 Å². The van der Waals surface area contributed by atoms with E-state index in [1.54, 1.807) is 39.6 Å². The van der Waals surface area contributed by atoms with Crippen LogP contribution in [0.2, 0.25) is 0 Å². The van der Waals surface area contributed by atoms with E-state index in [1.165, 1.54) is 5.57 Å². The van der Waals surface area contributed by atoms with Crippen molar-refractivity contribution >= 4 is 17.7 Å². The topological polar surface area (TPSA) is 89.5 Å². The molecule has 0 radical (unpaired) electrons. The second-order valence-corrected chi connectivity index (χ2v) is 13.6. The smallest absolute Gasteiger partial charge is 0.251 e. The van der Waals surface area contributed by atoms with Crippen molar-refractivity contribution in [2.24, 2.45) is 16.7 Å². The Morgan fingerprint density at radius 2 is 1.93 bits per heavy atom. The molecule has 0 spiro atoms. The lowest BCUT2D eigenvalue weighted by Gasteiger charge is -2.36. The number of methoxy groups -OCH3 is 1. The van der Waals surface area contributed by atoms with Crippen LogP contribution in [0.5, 0.6) is 0 Å². The monoisotopic (exact) mass is 575 g/mol. The van der Waals surface area contributed by atoms with Crippen molar-refractivity contribution in [3.05, 3.63) is 63.3 Å². The molecular weight excluding hydrogens is 526 g/mol. The van der Waals surface area contributed by atoms with Crippen LogP contribution in [0, 0.1) is 16.2 Å². The van der Waals surface area contributed by atoms with Crippen molar-refractivity contribution < 1.29 is 19.1 Å². The van der Waals surface area contributed by atoms with Crippen LogP contribution in [-0.2, 0) is 19.1 Å². The molecule has 1 N–H and O–H groups in total. The molecule has 9 heteroatoms.